The Hall–Kier alpha value is -2.03. The average molecular weight is 311 g/mol. The molecule has 0 N–H and O–H groups in total. The van der Waals surface area contributed by atoms with Gasteiger partial charge in [-0.3, -0.25) is 4.79 Å². The van der Waals surface area contributed by atoms with Gasteiger partial charge in [-0.15, -0.1) is 0 Å². The fourth-order valence-corrected chi connectivity index (χ4v) is 3.32. The van der Waals surface area contributed by atoms with E-state index in [2.05, 4.69) is 24.5 Å². The van der Waals surface area contributed by atoms with Gasteiger partial charge < -0.3 is 9.30 Å². The summed E-state index contributed by atoms with van der Waals surface area (Å²) >= 11 is 0. The third kappa shape index (κ3) is 2.92. The molecular weight excluding hydrogens is 286 g/mol. The Labute approximate surface area is 138 Å². The van der Waals surface area contributed by atoms with Crippen molar-refractivity contribution in [2.75, 3.05) is 6.61 Å². The quantitative estimate of drug-likeness (QED) is 0.754. The predicted molar refractivity (Wildman–Crippen MR) is 92.7 cm³/mol. The zero-order valence-corrected chi connectivity index (χ0v) is 14.7. The maximum absolute atomic E-state index is 12.6. The van der Waals surface area contributed by atoms with Crippen LogP contribution in [0.15, 0.2) is 18.2 Å². The van der Waals surface area contributed by atoms with Crippen molar-refractivity contribution in [2.45, 2.75) is 53.5 Å². The van der Waals surface area contributed by atoms with Gasteiger partial charge in [0, 0.05) is 23.0 Å². The Kier molecular flexibility index (Phi) is 4.05. The SMILES string of the molecule is Cc1ccc(C)c(OCC(=O)c2cc(C)n(C3CC3)c2C)c1C. The molecule has 3 nitrogen and oxygen atoms in total. The monoisotopic (exact) mass is 311 g/mol. The topological polar surface area (TPSA) is 31.2 Å². The van der Waals surface area contributed by atoms with Crippen LogP contribution in [0.4, 0.5) is 0 Å². The number of ketones is 1. The largest absolute Gasteiger partial charge is 0.485 e. The van der Waals surface area contributed by atoms with Crippen molar-refractivity contribution < 1.29 is 9.53 Å². The Bertz CT molecular complexity index is 766. The van der Waals surface area contributed by atoms with Gasteiger partial charge in [-0.2, -0.15) is 0 Å². The minimum Gasteiger partial charge on any atom is -0.485 e. The molecule has 3 heteroatoms. The number of carbonyl (C=O) groups excluding carboxylic acids is 1. The molecule has 1 heterocycles. The zero-order chi connectivity index (χ0) is 16.7. The van der Waals surface area contributed by atoms with Crippen LogP contribution >= 0.6 is 0 Å². The Morgan fingerprint density at radius 3 is 2.43 bits per heavy atom. The number of hydrogen-bond donors (Lipinski definition) is 0. The number of carbonyl (C=O) groups is 1. The van der Waals surface area contributed by atoms with Gasteiger partial charge in [0.25, 0.3) is 0 Å². The fraction of sp³-hybridized carbons (Fsp3) is 0.450. The number of ether oxygens (including phenoxy) is 1. The number of nitrogens with zero attached hydrogens (tertiary/aromatic N) is 1. The summed E-state index contributed by atoms with van der Waals surface area (Å²) in [5.74, 6) is 0.902. The molecule has 23 heavy (non-hydrogen) atoms. The highest BCUT2D eigenvalue weighted by Gasteiger charge is 2.28. The first-order valence-corrected chi connectivity index (χ1v) is 8.31. The molecule has 0 bridgehead atoms. The number of hydrogen-bond acceptors (Lipinski definition) is 2. The van der Waals surface area contributed by atoms with Gasteiger partial charge in [-0.1, -0.05) is 12.1 Å². The maximum atomic E-state index is 12.6. The van der Waals surface area contributed by atoms with Crippen molar-refractivity contribution in [2.24, 2.45) is 0 Å². The Morgan fingerprint density at radius 1 is 1.13 bits per heavy atom. The van der Waals surface area contributed by atoms with Crippen molar-refractivity contribution in [1.29, 1.82) is 0 Å². The van der Waals surface area contributed by atoms with Gasteiger partial charge in [0.15, 0.2) is 6.61 Å². The second-order valence-electron chi connectivity index (χ2n) is 6.75. The molecular formula is C20H25NO2. The van der Waals surface area contributed by atoms with E-state index in [0.29, 0.717) is 6.04 Å². The molecule has 0 atom stereocenters. The first-order valence-electron chi connectivity index (χ1n) is 8.31. The molecule has 0 aliphatic heterocycles. The molecule has 1 aliphatic rings. The van der Waals surface area contributed by atoms with E-state index in [1.165, 1.54) is 24.1 Å². The second-order valence-corrected chi connectivity index (χ2v) is 6.75. The summed E-state index contributed by atoms with van der Waals surface area (Å²) in [6.45, 7) is 10.3. The van der Waals surface area contributed by atoms with Crippen molar-refractivity contribution in [3.05, 3.63) is 51.8 Å². The molecule has 1 aromatic heterocycles. The number of rotatable bonds is 5. The molecule has 1 aromatic carbocycles. The first kappa shape index (κ1) is 15.9. The lowest BCUT2D eigenvalue weighted by Gasteiger charge is -2.13. The smallest absolute Gasteiger partial charge is 0.202 e. The second kappa shape index (κ2) is 5.88. The zero-order valence-electron chi connectivity index (χ0n) is 14.7. The van der Waals surface area contributed by atoms with Crippen molar-refractivity contribution in [3.63, 3.8) is 0 Å². The van der Waals surface area contributed by atoms with Crippen LogP contribution in [0.3, 0.4) is 0 Å². The predicted octanol–water partition coefficient (Wildman–Crippen LogP) is 4.63. The van der Waals surface area contributed by atoms with Gasteiger partial charge in [0.05, 0.1) is 0 Å². The van der Waals surface area contributed by atoms with E-state index >= 15 is 0 Å². The van der Waals surface area contributed by atoms with Gasteiger partial charge in [-0.25, -0.2) is 0 Å². The summed E-state index contributed by atoms with van der Waals surface area (Å²) in [6.07, 6.45) is 2.45. The molecule has 0 amide bonds. The maximum Gasteiger partial charge on any atom is 0.202 e. The number of benzene rings is 1. The third-order valence-electron chi connectivity index (χ3n) is 4.92. The third-order valence-corrected chi connectivity index (χ3v) is 4.92. The number of aromatic nitrogens is 1. The van der Waals surface area contributed by atoms with Crippen LogP contribution < -0.4 is 4.74 Å². The van der Waals surface area contributed by atoms with E-state index in [9.17, 15) is 4.79 Å². The van der Waals surface area contributed by atoms with E-state index in [1.54, 1.807) is 0 Å². The summed E-state index contributed by atoms with van der Waals surface area (Å²) in [5, 5.41) is 0. The summed E-state index contributed by atoms with van der Waals surface area (Å²) in [4.78, 5) is 12.6. The molecule has 2 aromatic rings. The van der Waals surface area contributed by atoms with Crippen molar-refractivity contribution in [1.82, 2.24) is 4.57 Å². The normalized spacial score (nSPS) is 14.1. The molecule has 0 radical (unpaired) electrons. The van der Waals surface area contributed by atoms with Gasteiger partial charge >= 0.3 is 0 Å². The molecule has 1 saturated carbocycles. The highest BCUT2D eigenvalue weighted by molar-refractivity contribution is 5.98. The van der Waals surface area contributed by atoms with Crippen molar-refractivity contribution in [3.8, 4) is 5.75 Å². The lowest BCUT2D eigenvalue weighted by molar-refractivity contribution is 0.0920. The van der Waals surface area contributed by atoms with Gasteiger partial charge in [0.2, 0.25) is 5.78 Å². The van der Waals surface area contributed by atoms with E-state index in [0.717, 1.165) is 28.1 Å². The molecule has 1 fully saturated rings. The summed E-state index contributed by atoms with van der Waals surface area (Å²) in [6, 6.07) is 6.73. The minimum absolute atomic E-state index is 0.0605. The summed E-state index contributed by atoms with van der Waals surface area (Å²) < 4.78 is 8.19. The highest BCUT2D eigenvalue weighted by atomic mass is 16.5. The van der Waals surface area contributed by atoms with Crippen LogP contribution in [0.5, 0.6) is 5.75 Å². The van der Waals surface area contributed by atoms with E-state index < -0.39 is 0 Å². The molecule has 1 aliphatic carbocycles. The summed E-state index contributed by atoms with van der Waals surface area (Å²) in [5.41, 5.74) is 6.43. The van der Waals surface area contributed by atoms with Crippen LogP contribution in [0.2, 0.25) is 0 Å². The summed E-state index contributed by atoms with van der Waals surface area (Å²) in [7, 11) is 0. The molecule has 122 valence electrons. The number of aryl methyl sites for hydroxylation is 3. The minimum atomic E-state index is 0.0605. The van der Waals surface area contributed by atoms with E-state index in [1.807, 2.05) is 32.9 Å². The molecule has 0 saturated heterocycles. The standard InChI is InChI=1S/C20H25NO2/c1-12-6-7-13(2)20(15(12)4)23-11-19(22)18-10-14(3)21(16(18)5)17-8-9-17/h6-7,10,17H,8-9,11H2,1-5H3. The lowest BCUT2D eigenvalue weighted by atomic mass is 10.1. The fourth-order valence-electron chi connectivity index (χ4n) is 3.32. The Balaban J connectivity index is 1.78. The molecule has 0 unspecified atom stereocenters. The van der Waals surface area contributed by atoms with E-state index in [-0.39, 0.29) is 12.4 Å². The highest BCUT2D eigenvalue weighted by Crippen LogP contribution is 2.38. The van der Waals surface area contributed by atoms with Crippen LogP contribution in [0.1, 0.15) is 57.3 Å². The molecule has 3 rings (SSSR count). The Morgan fingerprint density at radius 2 is 1.78 bits per heavy atom. The van der Waals surface area contributed by atoms with Crippen LogP contribution in [-0.2, 0) is 0 Å². The van der Waals surface area contributed by atoms with Gasteiger partial charge in [0.1, 0.15) is 5.75 Å². The van der Waals surface area contributed by atoms with Crippen molar-refractivity contribution >= 4 is 5.78 Å². The lowest BCUT2D eigenvalue weighted by Crippen LogP contribution is -2.14. The first-order chi connectivity index (χ1) is 10.9. The van der Waals surface area contributed by atoms with Gasteiger partial charge in [-0.05, 0) is 70.2 Å². The van der Waals surface area contributed by atoms with Crippen LogP contribution in [0, 0.1) is 34.6 Å². The average Bonchev–Trinajstić information content (AvgIpc) is 3.29. The van der Waals surface area contributed by atoms with Crippen LogP contribution in [0.25, 0.3) is 0 Å². The van der Waals surface area contributed by atoms with Crippen LogP contribution in [-0.4, -0.2) is 17.0 Å². The number of Topliss-reactive ketones (excluding diaryl/α,β-unsaturated/α-hetero) is 1. The molecule has 0 spiro atoms. The van der Waals surface area contributed by atoms with E-state index in [4.69, 9.17) is 4.74 Å².